The molecule has 1 heterocycles. The first-order valence-electron chi connectivity index (χ1n) is 6.84. The number of nitrogens with zero attached hydrogens (tertiary/aromatic N) is 1. The summed E-state index contributed by atoms with van der Waals surface area (Å²) in [6.07, 6.45) is 1.33. The van der Waals surface area contributed by atoms with Gasteiger partial charge in [-0.05, 0) is 40.5 Å². The predicted octanol–water partition coefficient (Wildman–Crippen LogP) is 3.69. The summed E-state index contributed by atoms with van der Waals surface area (Å²) < 4.78 is 1.13. The third-order valence-corrected chi connectivity index (χ3v) is 4.17. The lowest BCUT2D eigenvalue weighted by atomic mass is 9.93. The number of aromatic nitrogens is 1. The van der Waals surface area contributed by atoms with Crippen molar-refractivity contribution in [3.05, 3.63) is 75.6 Å². The first kappa shape index (κ1) is 16.2. The molecule has 1 aromatic carbocycles. The summed E-state index contributed by atoms with van der Waals surface area (Å²) in [6.45, 7) is 7.79. The molecule has 0 aliphatic rings. The zero-order valence-electron chi connectivity index (χ0n) is 12.5. The van der Waals surface area contributed by atoms with Crippen molar-refractivity contribution in [3.63, 3.8) is 0 Å². The largest absolute Gasteiger partial charge is 0.711 e. The molecule has 22 heavy (non-hydrogen) atoms. The van der Waals surface area contributed by atoms with Crippen LogP contribution in [0.2, 0.25) is 0 Å². The highest BCUT2D eigenvalue weighted by Gasteiger charge is 2.22. The number of hydrogen-bond donors (Lipinski definition) is 1. The second-order valence-corrected chi connectivity index (χ2v) is 6.00. The summed E-state index contributed by atoms with van der Waals surface area (Å²) in [6, 6.07) is 11.2. The van der Waals surface area contributed by atoms with Gasteiger partial charge in [0.05, 0.1) is 6.20 Å². The Bertz CT molecular complexity index is 691. The summed E-state index contributed by atoms with van der Waals surface area (Å²) in [5.41, 5.74) is 2.57. The molecule has 0 aliphatic heterocycles. The molecular formula is C17H17BrN2O2. The number of pyridine rings is 1. The van der Waals surface area contributed by atoms with Gasteiger partial charge < -0.3 is 5.21 Å². The molecule has 4 nitrogen and oxygen atoms in total. The lowest BCUT2D eigenvalue weighted by Gasteiger charge is -2.14. The molecule has 2 rings (SSSR count). The molecule has 1 atom stereocenters. The standard InChI is InChI=1S/C17H17BrN2O2/c1-11-6-8-14(9-7-11)12(2)13(3)17(21)19-16-15(18)5-4-10-20(16)22/h4-10,12H,3H2,1-2H3,(H,19,21). The molecule has 0 bridgehead atoms. The molecule has 0 radical (unpaired) electrons. The number of benzene rings is 1. The smallest absolute Gasteiger partial charge is 0.335 e. The van der Waals surface area contributed by atoms with Gasteiger partial charge in [0.1, 0.15) is 4.47 Å². The van der Waals surface area contributed by atoms with E-state index in [0.29, 0.717) is 14.8 Å². The summed E-state index contributed by atoms with van der Waals surface area (Å²) >= 11 is 3.25. The van der Waals surface area contributed by atoms with Crippen molar-refractivity contribution in [1.82, 2.24) is 0 Å². The number of carbonyl (C=O) groups excluding carboxylic acids is 1. The quantitative estimate of drug-likeness (QED) is 0.513. The number of anilines is 1. The lowest BCUT2D eigenvalue weighted by molar-refractivity contribution is -0.590. The van der Waals surface area contributed by atoms with Crippen LogP contribution in [0.15, 0.2) is 59.2 Å². The van der Waals surface area contributed by atoms with Gasteiger partial charge in [0.25, 0.3) is 5.82 Å². The average Bonchev–Trinajstić information content (AvgIpc) is 2.50. The summed E-state index contributed by atoms with van der Waals surface area (Å²) in [4.78, 5) is 12.3. The Morgan fingerprint density at radius 1 is 1.32 bits per heavy atom. The van der Waals surface area contributed by atoms with Crippen LogP contribution in [-0.2, 0) is 4.79 Å². The molecule has 1 aromatic heterocycles. The average molecular weight is 361 g/mol. The Kier molecular flexibility index (Phi) is 4.98. The van der Waals surface area contributed by atoms with E-state index in [2.05, 4.69) is 27.8 Å². The van der Waals surface area contributed by atoms with Gasteiger partial charge in [-0.1, -0.05) is 43.3 Å². The number of nitrogens with one attached hydrogen (secondary N) is 1. The molecule has 1 unspecified atom stereocenters. The molecule has 0 saturated heterocycles. The van der Waals surface area contributed by atoms with Crippen LogP contribution in [0.1, 0.15) is 24.0 Å². The number of aryl methyl sites for hydroxylation is 1. The molecular weight excluding hydrogens is 344 g/mol. The Labute approximate surface area is 138 Å². The minimum Gasteiger partial charge on any atom is -0.711 e. The minimum absolute atomic E-state index is 0.136. The lowest BCUT2D eigenvalue weighted by Crippen LogP contribution is -2.33. The molecule has 5 heteroatoms. The van der Waals surface area contributed by atoms with E-state index < -0.39 is 0 Å². The van der Waals surface area contributed by atoms with Crippen molar-refractivity contribution >= 4 is 27.7 Å². The van der Waals surface area contributed by atoms with Crippen LogP contribution in [0.25, 0.3) is 0 Å². The molecule has 0 fully saturated rings. The van der Waals surface area contributed by atoms with Gasteiger partial charge in [-0.15, -0.1) is 0 Å². The zero-order chi connectivity index (χ0) is 16.3. The van der Waals surface area contributed by atoms with E-state index in [-0.39, 0.29) is 17.6 Å². The summed E-state index contributed by atoms with van der Waals surface area (Å²) in [7, 11) is 0. The first-order chi connectivity index (χ1) is 10.4. The Morgan fingerprint density at radius 2 is 1.95 bits per heavy atom. The fraction of sp³-hybridized carbons (Fsp3) is 0.176. The van der Waals surface area contributed by atoms with Gasteiger partial charge in [-0.25, -0.2) is 14.8 Å². The molecule has 0 spiro atoms. The molecule has 114 valence electrons. The van der Waals surface area contributed by atoms with Gasteiger partial charge in [-0.2, -0.15) is 0 Å². The van der Waals surface area contributed by atoms with Crippen LogP contribution >= 0.6 is 15.9 Å². The molecule has 0 aliphatic carbocycles. The van der Waals surface area contributed by atoms with Gasteiger partial charge in [-0.3, -0.25) is 0 Å². The van der Waals surface area contributed by atoms with Gasteiger partial charge in [0, 0.05) is 11.5 Å². The van der Waals surface area contributed by atoms with Crippen LogP contribution in [0.5, 0.6) is 0 Å². The second kappa shape index (κ2) is 6.75. The van der Waals surface area contributed by atoms with Gasteiger partial charge >= 0.3 is 5.91 Å². The Hall–Kier alpha value is -2.14. The topological polar surface area (TPSA) is 56.0 Å². The van der Waals surface area contributed by atoms with Crippen LogP contribution in [-0.4, -0.2) is 5.91 Å². The summed E-state index contributed by atoms with van der Waals surface area (Å²) in [5, 5.41) is 14.3. The van der Waals surface area contributed by atoms with Crippen LogP contribution in [0.3, 0.4) is 0 Å². The zero-order valence-corrected chi connectivity index (χ0v) is 14.1. The second-order valence-electron chi connectivity index (χ2n) is 5.14. The van der Waals surface area contributed by atoms with E-state index in [0.717, 1.165) is 11.1 Å². The van der Waals surface area contributed by atoms with Crippen molar-refractivity contribution in [2.24, 2.45) is 0 Å². The van der Waals surface area contributed by atoms with Crippen molar-refractivity contribution in [3.8, 4) is 0 Å². The molecule has 1 N–H and O–H groups in total. The third-order valence-electron chi connectivity index (χ3n) is 3.53. The van der Waals surface area contributed by atoms with Crippen LogP contribution in [0, 0.1) is 12.1 Å². The van der Waals surface area contributed by atoms with Crippen molar-refractivity contribution < 1.29 is 9.52 Å². The minimum atomic E-state index is -0.371. The van der Waals surface area contributed by atoms with Crippen LogP contribution in [0.4, 0.5) is 5.82 Å². The predicted molar refractivity (Wildman–Crippen MR) is 90.5 cm³/mol. The van der Waals surface area contributed by atoms with E-state index in [1.165, 1.54) is 6.20 Å². The highest BCUT2D eigenvalue weighted by molar-refractivity contribution is 9.10. The van der Waals surface area contributed by atoms with E-state index in [4.69, 9.17) is 0 Å². The van der Waals surface area contributed by atoms with Gasteiger partial charge in [0.2, 0.25) is 0 Å². The number of halogens is 1. The number of carbonyl (C=O) groups is 1. The number of hydrogen-bond acceptors (Lipinski definition) is 2. The number of amides is 1. The summed E-state index contributed by atoms with van der Waals surface area (Å²) in [5.74, 6) is -0.350. The van der Waals surface area contributed by atoms with E-state index >= 15 is 0 Å². The maximum absolute atomic E-state index is 12.3. The fourth-order valence-electron chi connectivity index (χ4n) is 2.02. The molecule has 0 saturated carbocycles. The SMILES string of the molecule is C=C(C(=O)Nc1c(Br)ccc[n+]1[O-])C(C)c1ccc(C)cc1. The maximum Gasteiger partial charge on any atom is 0.335 e. The highest BCUT2D eigenvalue weighted by Crippen LogP contribution is 2.25. The van der Waals surface area contributed by atoms with Crippen molar-refractivity contribution in [2.45, 2.75) is 19.8 Å². The monoisotopic (exact) mass is 360 g/mol. The third kappa shape index (κ3) is 3.54. The van der Waals surface area contributed by atoms with Crippen molar-refractivity contribution in [1.29, 1.82) is 0 Å². The Morgan fingerprint density at radius 3 is 2.55 bits per heavy atom. The highest BCUT2D eigenvalue weighted by atomic mass is 79.9. The van der Waals surface area contributed by atoms with Gasteiger partial charge in [0.15, 0.2) is 0 Å². The number of rotatable bonds is 4. The van der Waals surface area contributed by atoms with Crippen molar-refractivity contribution in [2.75, 3.05) is 5.32 Å². The van der Waals surface area contributed by atoms with Crippen LogP contribution < -0.4 is 10.0 Å². The first-order valence-corrected chi connectivity index (χ1v) is 7.64. The molecule has 2 aromatic rings. The maximum atomic E-state index is 12.3. The normalized spacial score (nSPS) is 11.8. The van der Waals surface area contributed by atoms with E-state index in [9.17, 15) is 10.0 Å². The Balaban J connectivity index is 2.15. The van der Waals surface area contributed by atoms with E-state index in [1.807, 2.05) is 38.1 Å². The molecule has 1 amide bonds. The van der Waals surface area contributed by atoms with E-state index in [1.54, 1.807) is 12.1 Å². The fourth-order valence-corrected chi connectivity index (χ4v) is 2.45.